The quantitative estimate of drug-likeness (QED) is 0.185. The van der Waals surface area contributed by atoms with Crippen LogP contribution >= 0.6 is 11.8 Å². The van der Waals surface area contributed by atoms with Crippen molar-refractivity contribution in [1.82, 2.24) is 20.2 Å². The van der Waals surface area contributed by atoms with E-state index in [-0.39, 0.29) is 23.2 Å². The van der Waals surface area contributed by atoms with Gasteiger partial charge in [0.2, 0.25) is 0 Å². The molecule has 0 unspecified atom stereocenters. The van der Waals surface area contributed by atoms with Gasteiger partial charge in [0.25, 0.3) is 5.91 Å². The fraction of sp³-hybridized carbons (Fsp3) is 0.120. The summed E-state index contributed by atoms with van der Waals surface area (Å²) in [6, 6.07) is 21.4. The molecule has 0 bridgehead atoms. The Labute approximate surface area is 206 Å². The van der Waals surface area contributed by atoms with Gasteiger partial charge in [0.15, 0.2) is 11.0 Å². The van der Waals surface area contributed by atoms with Gasteiger partial charge in [-0.05, 0) is 43.3 Å². The maximum absolute atomic E-state index is 12.4. The van der Waals surface area contributed by atoms with Crippen LogP contribution in [-0.2, 0) is 4.79 Å². The number of phenolic OH excluding ortho intramolecular Hbond substituents is 2. The number of carbonyl (C=O) groups excluding carboxylic acids is 1. The normalized spacial score (nSPS) is 11.0. The maximum Gasteiger partial charge on any atom is 0.250 e. The zero-order valence-corrected chi connectivity index (χ0v) is 19.6. The van der Waals surface area contributed by atoms with Crippen molar-refractivity contribution in [3.05, 3.63) is 78.4 Å². The highest BCUT2D eigenvalue weighted by atomic mass is 32.2. The largest absolute Gasteiger partial charge is 0.508 e. The zero-order valence-electron chi connectivity index (χ0n) is 18.8. The summed E-state index contributed by atoms with van der Waals surface area (Å²) >= 11 is 1.22. The number of ether oxygens (including phenoxy) is 1. The Kier molecular flexibility index (Phi) is 7.63. The predicted octanol–water partition coefficient (Wildman–Crippen LogP) is 3.99. The van der Waals surface area contributed by atoms with Crippen LogP contribution in [0.15, 0.2) is 83.1 Å². The van der Waals surface area contributed by atoms with Gasteiger partial charge < -0.3 is 14.9 Å². The predicted molar refractivity (Wildman–Crippen MR) is 134 cm³/mol. The highest BCUT2D eigenvalue weighted by Crippen LogP contribution is 2.29. The molecule has 9 nitrogen and oxygen atoms in total. The van der Waals surface area contributed by atoms with Crippen molar-refractivity contribution in [2.24, 2.45) is 5.10 Å². The number of carbonyl (C=O) groups is 1. The lowest BCUT2D eigenvalue weighted by Gasteiger charge is -2.11. The van der Waals surface area contributed by atoms with E-state index in [4.69, 9.17) is 4.74 Å². The van der Waals surface area contributed by atoms with Crippen molar-refractivity contribution in [3.63, 3.8) is 0 Å². The molecule has 3 aromatic carbocycles. The molecule has 0 aliphatic rings. The smallest absolute Gasteiger partial charge is 0.250 e. The molecule has 0 aliphatic heterocycles. The minimum atomic E-state index is -0.355. The second-order valence-electron chi connectivity index (χ2n) is 7.26. The number of thioether (sulfide) groups is 1. The first-order chi connectivity index (χ1) is 17.0. The molecule has 3 N–H and O–H groups in total. The van der Waals surface area contributed by atoms with E-state index in [9.17, 15) is 15.0 Å². The van der Waals surface area contributed by atoms with Crippen LogP contribution in [0.5, 0.6) is 17.2 Å². The molecule has 10 heteroatoms. The Morgan fingerprint density at radius 2 is 1.86 bits per heavy atom. The minimum absolute atomic E-state index is 0.0445. The van der Waals surface area contributed by atoms with E-state index in [0.29, 0.717) is 23.2 Å². The van der Waals surface area contributed by atoms with E-state index in [2.05, 4.69) is 20.7 Å². The topological polar surface area (TPSA) is 122 Å². The number of amides is 1. The van der Waals surface area contributed by atoms with Crippen molar-refractivity contribution < 1.29 is 19.7 Å². The van der Waals surface area contributed by atoms with E-state index >= 15 is 0 Å². The summed E-state index contributed by atoms with van der Waals surface area (Å²) in [5.74, 6) is 0.895. The van der Waals surface area contributed by atoms with E-state index in [0.717, 1.165) is 17.0 Å². The average Bonchev–Trinajstić information content (AvgIpc) is 3.29. The molecule has 1 aromatic heterocycles. The monoisotopic (exact) mass is 489 g/mol. The number of aromatic hydroxyl groups is 2. The Balaban J connectivity index is 1.50. The summed E-state index contributed by atoms with van der Waals surface area (Å²) in [6.45, 7) is 2.50. The number of benzene rings is 3. The SMILES string of the molecule is CCOc1ccc(-n2c(SCC(=O)N/N=C\c3ccc(O)cc3O)nnc2-c2ccccc2)cc1. The summed E-state index contributed by atoms with van der Waals surface area (Å²) in [5.41, 5.74) is 4.51. The molecular weight excluding hydrogens is 466 g/mol. The number of hydrogen-bond donors (Lipinski definition) is 3. The second kappa shape index (κ2) is 11.2. The van der Waals surface area contributed by atoms with Gasteiger partial charge in [-0.15, -0.1) is 10.2 Å². The molecule has 0 radical (unpaired) electrons. The van der Waals surface area contributed by atoms with Gasteiger partial charge in [0, 0.05) is 22.9 Å². The summed E-state index contributed by atoms with van der Waals surface area (Å²) in [7, 11) is 0. The molecule has 4 rings (SSSR count). The number of nitrogens with one attached hydrogen (secondary N) is 1. The third-order valence-electron chi connectivity index (χ3n) is 4.81. The van der Waals surface area contributed by atoms with Gasteiger partial charge in [-0.1, -0.05) is 42.1 Å². The molecule has 0 fully saturated rings. The third-order valence-corrected chi connectivity index (χ3v) is 5.74. The maximum atomic E-state index is 12.4. The van der Waals surface area contributed by atoms with Crippen LogP contribution in [0.25, 0.3) is 17.1 Å². The average molecular weight is 490 g/mol. The number of hydrogen-bond acceptors (Lipinski definition) is 8. The van der Waals surface area contributed by atoms with Crippen molar-refractivity contribution in [2.75, 3.05) is 12.4 Å². The Morgan fingerprint density at radius 3 is 2.57 bits per heavy atom. The van der Waals surface area contributed by atoms with Crippen molar-refractivity contribution in [3.8, 4) is 34.3 Å². The lowest BCUT2D eigenvalue weighted by molar-refractivity contribution is -0.118. The zero-order chi connectivity index (χ0) is 24.6. The second-order valence-corrected chi connectivity index (χ2v) is 8.20. The lowest BCUT2D eigenvalue weighted by atomic mass is 10.2. The number of phenols is 2. The van der Waals surface area contributed by atoms with Gasteiger partial charge in [-0.2, -0.15) is 5.10 Å². The lowest BCUT2D eigenvalue weighted by Crippen LogP contribution is -2.20. The van der Waals surface area contributed by atoms with Gasteiger partial charge in [-0.25, -0.2) is 5.43 Å². The fourth-order valence-electron chi connectivity index (χ4n) is 3.21. The summed E-state index contributed by atoms with van der Waals surface area (Å²) < 4.78 is 7.43. The fourth-order valence-corrected chi connectivity index (χ4v) is 3.95. The molecule has 0 atom stereocenters. The highest BCUT2D eigenvalue weighted by Gasteiger charge is 2.17. The molecule has 178 valence electrons. The molecular formula is C25H23N5O4S. The summed E-state index contributed by atoms with van der Waals surface area (Å²) in [4.78, 5) is 12.4. The van der Waals surface area contributed by atoms with Crippen LogP contribution < -0.4 is 10.2 Å². The van der Waals surface area contributed by atoms with Crippen LogP contribution in [0.3, 0.4) is 0 Å². The first-order valence-electron chi connectivity index (χ1n) is 10.8. The first kappa shape index (κ1) is 23.8. The Morgan fingerprint density at radius 1 is 1.09 bits per heavy atom. The van der Waals surface area contributed by atoms with Crippen LogP contribution in [0.1, 0.15) is 12.5 Å². The van der Waals surface area contributed by atoms with E-state index in [1.165, 1.54) is 36.2 Å². The van der Waals surface area contributed by atoms with Crippen LogP contribution in [0, 0.1) is 0 Å². The van der Waals surface area contributed by atoms with Gasteiger partial charge in [0.05, 0.1) is 18.6 Å². The summed E-state index contributed by atoms with van der Waals surface area (Å²) in [5, 5.41) is 32.2. The van der Waals surface area contributed by atoms with Crippen molar-refractivity contribution in [2.45, 2.75) is 12.1 Å². The molecule has 1 heterocycles. The van der Waals surface area contributed by atoms with E-state index in [1.54, 1.807) is 0 Å². The van der Waals surface area contributed by atoms with Crippen LogP contribution in [0.4, 0.5) is 0 Å². The van der Waals surface area contributed by atoms with Crippen molar-refractivity contribution in [1.29, 1.82) is 0 Å². The van der Waals surface area contributed by atoms with Gasteiger partial charge in [0.1, 0.15) is 17.2 Å². The third kappa shape index (κ3) is 5.98. The molecule has 0 saturated heterocycles. The molecule has 0 aliphatic carbocycles. The first-order valence-corrected chi connectivity index (χ1v) is 11.7. The number of hydrazone groups is 1. The van der Waals surface area contributed by atoms with E-state index in [1.807, 2.05) is 66.1 Å². The van der Waals surface area contributed by atoms with E-state index < -0.39 is 0 Å². The van der Waals surface area contributed by atoms with Crippen LogP contribution in [0.2, 0.25) is 0 Å². The van der Waals surface area contributed by atoms with Gasteiger partial charge >= 0.3 is 0 Å². The number of nitrogens with zero attached hydrogens (tertiary/aromatic N) is 4. The standard InChI is InChI=1S/C25H23N5O4S/c1-2-34-21-12-9-19(10-13-21)30-24(17-6-4-3-5-7-17)28-29-25(30)35-16-23(33)27-26-15-18-8-11-20(31)14-22(18)32/h3-15,31-32H,2,16H2,1H3,(H,27,33)/b26-15-. The Hall–Kier alpha value is -4.31. The van der Waals surface area contributed by atoms with Gasteiger partial charge in [-0.3, -0.25) is 9.36 Å². The van der Waals surface area contributed by atoms with Crippen LogP contribution in [-0.4, -0.2) is 49.5 Å². The summed E-state index contributed by atoms with van der Waals surface area (Å²) in [6.07, 6.45) is 1.30. The molecule has 0 saturated carbocycles. The number of aromatic nitrogens is 3. The van der Waals surface area contributed by atoms with Crippen molar-refractivity contribution >= 4 is 23.9 Å². The molecule has 1 amide bonds. The molecule has 0 spiro atoms. The Bertz CT molecular complexity index is 1320. The molecule has 35 heavy (non-hydrogen) atoms. The highest BCUT2D eigenvalue weighted by molar-refractivity contribution is 7.99. The molecule has 4 aromatic rings. The minimum Gasteiger partial charge on any atom is -0.508 e. The number of rotatable bonds is 9.